The molecule has 1 heterocycles. The number of nitrogens with one attached hydrogen (secondary N) is 1. The van der Waals surface area contributed by atoms with E-state index in [2.05, 4.69) is 4.98 Å². The summed E-state index contributed by atoms with van der Waals surface area (Å²) in [5, 5.41) is 21.6. The lowest BCUT2D eigenvalue weighted by Gasteiger charge is -2.21. The van der Waals surface area contributed by atoms with Crippen molar-refractivity contribution in [3.63, 3.8) is 0 Å². The number of likely N-dealkylation sites (N-methyl/N-ethyl adjacent to an activating group) is 1. The molecule has 0 saturated heterocycles. The van der Waals surface area contributed by atoms with Crippen LogP contribution < -0.4 is 5.56 Å². The molecule has 0 spiro atoms. The zero-order valence-corrected chi connectivity index (χ0v) is 21.3. The number of H-pyrrole nitrogens is 1. The van der Waals surface area contributed by atoms with Crippen molar-refractivity contribution < 1.29 is 23.4 Å². The number of alkyl halides is 3. The predicted molar refractivity (Wildman–Crippen MR) is 141 cm³/mol. The van der Waals surface area contributed by atoms with E-state index in [9.17, 15) is 28.2 Å². The Morgan fingerprint density at radius 2 is 1.81 bits per heavy atom. The van der Waals surface area contributed by atoms with E-state index in [0.717, 1.165) is 29.5 Å². The number of aromatic nitrogens is 1. The number of aliphatic hydroxyl groups excluding tert-OH is 1. The van der Waals surface area contributed by atoms with E-state index in [1.165, 1.54) is 24.3 Å². The Balaban J connectivity index is 1.70. The molecule has 37 heavy (non-hydrogen) atoms. The minimum absolute atomic E-state index is 0.0779. The summed E-state index contributed by atoms with van der Waals surface area (Å²) in [6, 6.07) is 16.9. The number of nitrogens with zero attached hydrogens (tertiary/aromatic N) is 1. The van der Waals surface area contributed by atoms with Gasteiger partial charge in [-0.3, -0.25) is 9.69 Å². The summed E-state index contributed by atoms with van der Waals surface area (Å²) in [6.45, 7) is 0.921. The van der Waals surface area contributed by atoms with Gasteiger partial charge in [0.25, 0.3) is 5.56 Å². The quantitative estimate of drug-likeness (QED) is 0.230. The maximum atomic E-state index is 13.5. The minimum Gasteiger partial charge on any atom is -0.507 e. The van der Waals surface area contributed by atoms with E-state index in [1.807, 2.05) is 42.3 Å². The van der Waals surface area contributed by atoms with Gasteiger partial charge in [-0.2, -0.15) is 13.2 Å². The van der Waals surface area contributed by atoms with E-state index in [-0.39, 0.29) is 43.5 Å². The Bertz CT molecular complexity index is 1460. The van der Waals surface area contributed by atoms with E-state index < -0.39 is 23.4 Å². The largest absolute Gasteiger partial charge is 0.507 e. The van der Waals surface area contributed by atoms with Crippen LogP contribution in [-0.2, 0) is 12.7 Å². The Morgan fingerprint density at radius 1 is 1.08 bits per heavy atom. The number of halogens is 4. The molecule has 10 heteroatoms. The number of phenols is 1. The zero-order valence-electron chi connectivity index (χ0n) is 19.7. The molecule has 0 bridgehead atoms. The van der Waals surface area contributed by atoms with Gasteiger partial charge in [-0.1, -0.05) is 41.9 Å². The first-order valence-electron chi connectivity index (χ1n) is 11.3. The van der Waals surface area contributed by atoms with Crippen LogP contribution in [0.4, 0.5) is 13.2 Å². The maximum absolute atomic E-state index is 13.5. The number of fused-ring (bicyclic) bond motifs is 1. The molecule has 3 aromatic carbocycles. The van der Waals surface area contributed by atoms with Crippen molar-refractivity contribution in [1.29, 1.82) is 0 Å². The molecule has 0 aliphatic rings. The molecule has 0 fully saturated rings. The average molecular weight is 549 g/mol. The van der Waals surface area contributed by atoms with E-state index in [0.29, 0.717) is 13.1 Å². The highest BCUT2D eigenvalue weighted by atomic mass is 35.5. The number of phenolic OH excluding ortho intramolecular Hbond substituents is 1. The summed E-state index contributed by atoms with van der Waals surface area (Å²) in [6.07, 6.45) is -5.44. The topological polar surface area (TPSA) is 76.6 Å². The van der Waals surface area contributed by atoms with Gasteiger partial charge in [0.15, 0.2) is 0 Å². The highest BCUT2D eigenvalue weighted by Crippen LogP contribution is 2.42. The standard InChI is InChI=1S/C27H24ClF3N2O3S/c1-33(13-16-5-3-2-4-6-16)14-19(34)15-37-25-24(21-12-18(28)8-10-23(21)35)20-11-17(27(29,30)31)7-9-22(20)32-26(25)36/h2-12,19,34-35H,13-15H2,1H3,(H,32,36). The third-order valence-electron chi connectivity index (χ3n) is 5.76. The van der Waals surface area contributed by atoms with Crippen molar-refractivity contribution in [3.05, 3.63) is 93.2 Å². The van der Waals surface area contributed by atoms with Crippen LogP contribution in [0.2, 0.25) is 5.02 Å². The molecule has 0 amide bonds. The zero-order chi connectivity index (χ0) is 26.7. The fourth-order valence-corrected chi connectivity index (χ4v) is 5.30. The molecule has 0 aliphatic carbocycles. The molecule has 1 aromatic heterocycles. The van der Waals surface area contributed by atoms with Crippen LogP contribution in [0.25, 0.3) is 22.0 Å². The number of aromatic amines is 1. The van der Waals surface area contributed by atoms with Gasteiger partial charge in [-0.15, -0.1) is 11.8 Å². The number of benzene rings is 3. The SMILES string of the molecule is CN(Cc1ccccc1)CC(O)CSc1c(-c2cc(Cl)ccc2O)c2cc(C(F)(F)F)ccc2[nH]c1=O. The van der Waals surface area contributed by atoms with E-state index >= 15 is 0 Å². The second-order valence-corrected chi connectivity index (χ2v) is 10.2. The van der Waals surface area contributed by atoms with Crippen LogP contribution in [0.5, 0.6) is 5.75 Å². The summed E-state index contributed by atoms with van der Waals surface area (Å²) in [5.74, 6) is -0.139. The first kappa shape index (κ1) is 27.1. The van der Waals surface area contributed by atoms with Crippen molar-refractivity contribution in [1.82, 2.24) is 9.88 Å². The molecular weight excluding hydrogens is 525 g/mol. The van der Waals surface area contributed by atoms with Crippen LogP contribution in [0.3, 0.4) is 0 Å². The Labute approximate surface area is 220 Å². The molecule has 5 nitrogen and oxygen atoms in total. The van der Waals surface area contributed by atoms with E-state index in [1.54, 1.807) is 0 Å². The van der Waals surface area contributed by atoms with Crippen molar-refractivity contribution in [2.24, 2.45) is 0 Å². The maximum Gasteiger partial charge on any atom is 0.416 e. The smallest absolute Gasteiger partial charge is 0.416 e. The highest BCUT2D eigenvalue weighted by molar-refractivity contribution is 7.99. The number of thioether (sulfide) groups is 1. The molecule has 0 aliphatic heterocycles. The van der Waals surface area contributed by atoms with Crippen LogP contribution in [0, 0.1) is 0 Å². The number of rotatable bonds is 8. The predicted octanol–water partition coefficient (Wildman–Crippen LogP) is 6.16. The number of hydrogen-bond acceptors (Lipinski definition) is 5. The first-order chi connectivity index (χ1) is 17.5. The molecule has 1 atom stereocenters. The minimum atomic E-state index is -4.61. The number of aliphatic hydroxyl groups is 1. The monoisotopic (exact) mass is 548 g/mol. The molecular formula is C27H24ClF3N2O3S. The second kappa shape index (κ2) is 11.2. The fourth-order valence-electron chi connectivity index (χ4n) is 4.12. The second-order valence-electron chi connectivity index (χ2n) is 8.73. The Hall–Kier alpha value is -2.98. The van der Waals surface area contributed by atoms with Gasteiger partial charge in [0.05, 0.1) is 16.6 Å². The lowest BCUT2D eigenvalue weighted by Crippen LogP contribution is -2.30. The van der Waals surface area contributed by atoms with Gasteiger partial charge in [0.1, 0.15) is 5.75 Å². The van der Waals surface area contributed by atoms with Crippen LogP contribution in [0.15, 0.2) is 76.4 Å². The van der Waals surface area contributed by atoms with Gasteiger partial charge in [-0.05, 0) is 49.0 Å². The van der Waals surface area contributed by atoms with Gasteiger partial charge >= 0.3 is 6.18 Å². The van der Waals surface area contributed by atoms with Gasteiger partial charge in [-0.25, -0.2) is 0 Å². The van der Waals surface area contributed by atoms with Crippen molar-refractivity contribution >= 4 is 34.3 Å². The summed E-state index contributed by atoms with van der Waals surface area (Å²) in [4.78, 5) is 17.7. The Kier molecular flexibility index (Phi) is 8.18. The van der Waals surface area contributed by atoms with E-state index in [4.69, 9.17) is 11.6 Å². The van der Waals surface area contributed by atoms with Gasteiger partial charge < -0.3 is 15.2 Å². The number of pyridine rings is 1. The summed E-state index contributed by atoms with van der Waals surface area (Å²) in [5.41, 5.74) is 0.0699. The first-order valence-corrected chi connectivity index (χ1v) is 12.7. The molecule has 0 radical (unpaired) electrons. The van der Waals surface area contributed by atoms with Crippen molar-refractivity contribution in [2.45, 2.75) is 23.7 Å². The van der Waals surface area contributed by atoms with Crippen LogP contribution in [0.1, 0.15) is 11.1 Å². The molecule has 1 unspecified atom stereocenters. The lowest BCUT2D eigenvalue weighted by molar-refractivity contribution is -0.137. The summed E-state index contributed by atoms with van der Waals surface area (Å²) < 4.78 is 40.6. The average Bonchev–Trinajstić information content (AvgIpc) is 2.83. The third kappa shape index (κ3) is 6.48. The molecule has 194 valence electrons. The number of aromatic hydroxyl groups is 1. The summed E-state index contributed by atoms with van der Waals surface area (Å²) >= 11 is 7.15. The fraction of sp³-hybridized carbons (Fsp3) is 0.222. The van der Waals surface area contributed by atoms with Crippen molar-refractivity contribution in [2.75, 3.05) is 19.3 Å². The molecule has 4 aromatic rings. The normalized spacial score (nSPS) is 12.8. The number of hydrogen-bond donors (Lipinski definition) is 3. The molecule has 0 saturated carbocycles. The Morgan fingerprint density at radius 3 is 2.51 bits per heavy atom. The summed E-state index contributed by atoms with van der Waals surface area (Å²) in [7, 11) is 1.86. The van der Waals surface area contributed by atoms with Gasteiger partial charge in [0.2, 0.25) is 0 Å². The van der Waals surface area contributed by atoms with Crippen molar-refractivity contribution in [3.8, 4) is 16.9 Å². The third-order valence-corrected chi connectivity index (χ3v) is 7.23. The van der Waals surface area contributed by atoms with Crippen LogP contribution in [-0.4, -0.2) is 45.5 Å². The van der Waals surface area contributed by atoms with Gasteiger partial charge in [0, 0.05) is 45.9 Å². The lowest BCUT2D eigenvalue weighted by atomic mass is 9.98. The highest BCUT2D eigenvalue weighted by Gasteiger charge is 2.31. The van der Waals surface area contributed by atoms with Crippen LogP contribution >= 0.6 is 23.4 Å². The molecule has 4 rings (SSSR count). The molecule has 3 N–H and O–H groups in total.